The minimum atomic E-state index is -0.539. The maximum Gasteiger partial charge on any atom is 0.343 e. The average molecular weight is 374 g/mol. The van der Waals surface area contributed by atoms with Crippen molar-refractivity contribution in [1.29, 1.82) is 0 Å². The third-order valence-corrected chi connectivity index (χ3v) is 3.45. The Hall–Kier alpha value is -2.90. The van der Waals surface area contributed by atoms with Gasteiger partial charge < -0.3 is 23.7 Å². The summed E-state index contributed by atoms with van der Waals surface area (Å²) in [7, 11) is 3.11. The van der Waals surface area contributed by atoms with Crippen LogP contribution in [0.5, 0.6) is 11.5 Å². The number of carbonyl (C=O) groups is 2. The number of esters is 2. The summed E-state index contributed by atoms with van der Waals surface area (Å²) in [5.41, 5.74) is 0.653. The Morgan fingerprint density at radius 3 is 2.15 bits per heavy atom. The lowest BCUT2D eigenvalue weighted by Crippen LogP contribution is -2.11. The summed E-state index contributed by atoms with van der Waals surface area (Å²) in [6, 6.07) is 12.8. The van der Waals surface area contributed by atoms with Crippen LogP contribution in [0.1, 0.15) is 20.7 Å². The van der Waals surface area contributed by atoms with Crippen molar-refractivity contribution in [3.8, 4) is 11.5 Å². The molecule has 144 valence electrons. The van der Waals surface area contributed by atoms with Crippen molar-refractivity contribution >= 4 is 11.9 Å². The van der Waals surface area contributed by atoms with Gasteiger partial charge in [-0.2, -0.15) is 0 Å². The highest BCUT2D eigenvalue weighted by molar-refractivity contribution is 5.92. The zero-order chi connectivity index (χ0) is 19.5. The number of methoxy groups -OCH3 is 2. The summed E-state index contributed by atoms with van der Waals surface area (Å²) in [4.78, 5) is 24.2. The lowest BCUT2D eigenvalue weighted by Gasteiger charge is -2.08. The molecule has 0 unspecified atom stereocenters. The van der Waals surface area contributed by atoms with Crippen molar-refractivity contribution in [2.75, 3.05) is 40.6 Å². The van der Waals surface area contributed by atoms with Gasteiger partial charge in [-0.25, -0.2) is 9.59 Å². The average Bonchev–Trinajstić information content (AvgIpc) is 2.69. The lowest BCUT2D eigenvalue weighted by atomic mass is 10.2. The van der Waals surface area contributed by atoms with Gasteiger partial charge in [0.15, 0.2) is 0 Å². The first-order chi connectivity index (χ1) is 13.1. The standard InChI is InChI=1S/C20H22O7/c1-23-10-12-25-17-8-6-15(7-9-17)20(22)27-18-5-3-4-16(14-18)19(21)26-13-11-24-2/h3-9,14H,10-13H2,1-2H3. The van der Waals surface area contributed by atoms with Gasteiger partial charge in [-0.15, -0.1) is 0 Å². The lowest BCUT2D eigenvalue weighted by molar-refractivity contribution is 0.0387. The van der Waals surface area contributed by atoms with Crippen molar-refractivity contribution in [1.82, 2.24) is 0 Å². The number of rotatable bonds is 10. The number of hydrogen-bond acceptors (Lipinski definition) is 7. The second-order valence-electron chi connectivity index (χ2n) is 5.41. The summed E-state index contributed by atoms with van der Waals surface area (Å²) < 4.78 is 25.5. The zero-order valence-electron chi connectivity index (χ0n) is 15.3. The van der Waals surface area contributed by atoms with Crippen LogP contribution in [0.3, 0.4) is 0 Å². The Morgan fingerprint density at radius 1 is 0.741 bits per heavy atom. The Balaban J connectivity index is 1.95. The smallest absolute Gasteiger partial charge is 0.343 e. The summed E-state index contributed by atoms with van der Waals surface area (Å²) in [5.74, 6) is -0.170. The van der Waals surface area contributed by atoms with Crippen LogP contribution in [0.15, 0.2) is 48.5 Å². The fourth-order valence-corrected chi connectivity index (χ4v) is 2.08. The third kappa shape index (κ3) is 6.73. The van der Waals surface area contributed by atoms with E-state index in [2.05, 4.69) is 0 Å². The second-order valence-corrected chi connectivity index (χ2v) is 5.41. The van der Waals surface area contributed by atoms with E-state index in [0.29, 0.717) is 36.7 Å². The van der Waals surface area contributed by atoms with Gasteiger partial charge in [0.05, 0.1) is 24.3 Å². The predicted octanol–water partition coefficient (Wildman–Crippen LogP) is 2.73. The zero-order valence-corrected chi connectivity index (χ0v) is 15.3. The van der Waals surface area contributed by atoms with E-state index in [-0.39, 0.29) is 12.4 Å². The number of ether oxygens (including phenoxy) is 5. The fraction of sp³-hybridized carbons (Fsp3) is 0.300. The molecule has 0 radical (unpaired) electrons. The molecule has 27 heavy (non-hydrogen) atoms. The minimum Gasteiger partial charge on any atom is -0.491 e. The molecule has 0 aliphatic carbocycles. The molecule has 0 atom stereocenters. The van der Waals surface area contributed by atoms with Crippen molar-refractivity contribution in [2.24, 2.45) is 0 Å². The van der Waals surface area contributed by atoms with Crippen LogP contribution in [-0.2, 0) is 14.2 Å². The van der Waals surface area contributed by atoms with Gasteiger partial charge >= 0.3 is 11.9 Å². The normalized spacial score (nSPS) is 10.3. The minimum absolute atomic E-state index is 0.151. The van der Waals surface area contributed by atoms with E-state index < -0.39 is 11.9 Å². The molecule has 0 N–H and O–H groups in total. The SMILES string of the molecule is COCCOC(=O)c1cccc(OC(=O)c2ccc(OCCOC)cc2)c1. The molecule has 0 spiro atoms. The van der Waals surface area contributed by atoms with E-state index in [9.17, 15) is 9.59 Å². The van der Waals surface area contributed by atoms with Gasteiger partial charge in [0, 0.05) is 14.2 Å². The topological polar surface area (TPSA) is 80.3 Å². The first-order valence-corrected chi connectivity index (χ1v) is 8.34. The number of benzene rings is 2. The van der Waals surface area contributed by atoms with Gasteiger partial charge in [-0.3, -0.25) is 0 Å². The van der Waals surface area contributed by atoms with Crippen LogP contribution in [0.4, 0.5) is 0 Å². The molecule has 0 heterocycles. The second kappa shape index (κ2) is 10.9. The maximum absolute atomic E-state index is 12.3. The third-order valence-electron chi connectivity index (χ3n) is 3.45. The van der Waals surface area contributed by atoms with Gasteiger partial charge in [0.2, 0.25) is 0 Å². The van der Waals surface area contributed by atoms with Crippen LogP contribution in [0.2, 0.25) is 0 Å². The predicted molar refractivity (Wildman–Crippen MR) is 97.4 cm³/mol. The molecule has 0 saturated heterocycles. The van der Waals surface area contributed by atoms with Crippen LogP contribution in [-0.4, -0.2) is 52.6 Å². The molecular weight excluding hydrogens is 352 g/mol. The molecular formula is C20H22O7. The van der Waals surface area contributed by atoms with Crippen molar-refractivity contribution < 1.29 is 33.3 Å². The monoisotopic (exact) mass is 374 g/mol. The van der Waals surface area contributed by atoms with E-state index >= 15 is 0 Å². The highest BCUT2D eigenvalue weighted by atomic mass is 16.6. The molecule has 2 rings (SSSR count). The largest absolute Gasteiger partial charge is 0.491 e. The van der Waals surface area contributed by atoms with Gasteiger partial charge in [-0.1, -0.05) is 6.07 Å². The summed E-state index contributed by atoms with van der Waals surface area (Å²) in [6.07, 6.45) is 0. The van der Waals surface area contributed by atoms with E-state index in [1.807, 2.05) is 0 Å². The van der Waals surface area contributed by atoms with Gasteiger partial charge in [0.25, 0.3) is 0 Å². The Morgan fingerprint density at radius 2 is 1.44 bits per heavy atom. The molecule has 0 bridgehead atoms. The molecule has 7 heteroatoms. The number of carbonyl (C=O) groups excluding carboxylic acids is 2. The van der Waals surface area contributed by atoms with Gasteiger partial charge in [0.1, 0.15) is 24.7 Å². The molecule has 0 amide bonds. The van der Waals surface area contributed by atoms with Gasteiger partial charge in [-0.05, 0) is 42.5 Å². The highest BCUT2D eigenvalue weighted by Gasteiger charge is 2.12. The first kappa shape index (κ1) is 20.4. The van der Waals surface area contributed by atoms with E-state index in [4.69, 9.17) is 23.7 Å². The van der Waals surface area contributed by atoms with E-state index in [1.54, 1.807) is 49.6 Å². The molecule has 0 aliphatic heterocycles. The van der Waals surface area contributed by atoms with Crippen LogP contribution in [0.25, 0.3) is 0 Å². The molecule has 0 aromatic heterocycles. The van der Waals surface area contributed by atoms with E-state index in [1.165, 1.54) is 13.2 Å². The van der Waals surface area contributed by atoms with Crippen LogP contribution >= 0.6 is 0 Å². The van der Waals surface area contributed by atoms with Crippen LogP contribution < -0.4 is 9.47 Å². The molecule has 0 saturated carbocycles. The molecule has 0 aliphatic rings. The highest BCUT2D eigenvalue weighted by Crippen LogP contribution is 2.18. The fourth-order valence-electron chi connectivity index (χ4n) is 2.08. The van der Waals surface area contributed by atoms with Crippen LogP contribution in [0, 0.1) is 0 Å². The molecule has 2 aromatic carbocycles. The van der Waals surface area contributed by atoms with Crippen molar-refractivity contribution in [3.05, 3.63) is 59.7 Å². The van der Waals surface area contributed by atoms with Crippen molar-refractivity contribution in [2.45, 2.75) is 0 Å². The quantitative estimate of drug-likeness (QED) is 0.359. The Kier molecular flexibility index (Phi) is 8.28. The molecule has 0 fully saturated rings. The maximum atomic E-state index is 12.3. The summed E-state index contributed by atoms with van der Waals surface area (Å²) in [5, 5.41) is 0. The Bertz CT molecular complexity index is 740. The summed E-state index contributed by atoms with van der Waals surface area (Å²) >= 11 is 0. The summed E-state index contributed by atoms with van der Waals surface area (Å²) in [6.45, 7) is 1.37. The van der Waals surface area contributed by atoms with Crippen molar-refractivity contribution in [3.63, 3.8) is 0 Å². The molecule has 2 aromatic rings. The molecule has 7 nitrogen and oxygen atoms in total. The van der Waals surface area contributed by atoms with E-state index in [0.717, 1.165) is 0 Å². The Labute approximate surface area is 157 Å². The first-order valence-electron chi connectivity index (χ1n) is 8.34. The number of hydrogen-bond donors (Lipinski definition) is 0.